The molecule has 8 heteroatoms. The minimum atomic E-state index is -2.30. The van der Waals surface area contributed by atoms with Gasteiger partial charge in [-0.1, -0.05) is 12.1 Å². The maximum Gasteiger partial charge on any atom is 0.251 e. The normalized spacial score (nSPS) is 16.9. The van der Waals surface area contributed by atoms with Crippen molar-refractivity contribution in [1.82, 2.24) is 15.5 Å². The van der Waals surface area contributed by atoms with Crippen LogP contribution in [-0.4, -0.2) is 56.1 Å². The third-order valence-electron chi connectivity index (χ3n) is 4.35. The number of aliphatic imine (C=N–C) groups is 1. The highest BCUT2D eigenvalue weighted by Gasteiger charge is 2.21. The second-order valence-electron chi connectivity index (χ2n) is 6.33. The molecule has 146 valence electrons. The smallest absolute Gasteiger partial charge is 0.251 e. The van der Waals surface area contributed by atoms with E-state index in [1.807, 2.05) is 6.92 Å². The molecular weight excluding hydrogens is 348 g/mol. The SMILES string of the molecule is CCNC(=NCCc1cccc(F)c1F)NC1CCN(CC(F)F)CC1. The van der Waals surface area contributed by atoms with E-state index in [-0.39, 0.29) is 12.6 Å². The Morgan fingerprint density at radius 2 is 2.00 bits per heavy atom. The number of alkyl halides is 2. The second kappa shape index (κ2) is 10.4. The average molecular weight is 374 g/mol. The Balaban J connectivity index is 1.84. The number of likely N-dealkylation sites (tertiary alicyclic amines) is 1. The zero-order chi connectivity index (χ0) is 18.9. The Labute approximate surface area is 151 Å². The Morgan fingerprint density at radius 3 is 2.65 bits per heavy atom. The summed E-state index contributed by atoms with van der Waals surface area (Å²) in [5.74, 6) is -1.07. The third-order valence-corrected chi connectivity index (χ3v) is 4.35. The topological polar surface area (TPSA) is 39.7 Å². The summed E-state index contributed by atoms with van der Waals surface area (Å²) in [6.45, 7) is 3.99. The molecule has 4 nitrogen and oxygen atoms in total. The quantitative estimate of drug-likeness (QED) is 0.438. The molecule has 1 saturated heterocycles. The highest BCUT2D eigenvalue weighted by molar-refractivity contribution is 5.80. The zero-order valence-electron chi connectivity index (χ0n) is 14.9. The molecule has 0 unspecified atom stereocenters. The van der Waals surface area contributed by atoms with Crippen LogP contribution >= 0.6 is 0 Å². The van der Waals surface area contributed by atoms with Crippen molar-refractivity contribution in [1.29, 1.82) is 0 Å². The van der Waals surface area contributed by atoms with Crippen molar-refractivity contribution >= 4 is 5.96 Å². The van der Waals surface area contributed by atoms with Gasteiger partial charge in [-0.2, -0.15) is 0 Å². The molecule has 0 radical (unpaired) electrons. The van der Waals surface area contributed by atoms with Crippen LogP contribution in [0.15, 0.2) is 23.2 Å². The van der Waals surface area contributed by atoms with Gasteiger partial charge in [0, 0.05) is 32.2 Å². The van der Waals surface area contributed by atoms with Crippen molar-refractivity contribution in [2.24, 2.45) is 4.99 Å². The van der Waals surface area contributed by atoms with Crippen LogP contribution in [-0.2, 0) is 6.42 Å². The van der Waals surface area contributed by atoms with Gasteiger partial charge in [-0.25, -0.2) is 17.6 Å². The summed E-state index contributed by atoms with van der Waals surface area (Å²) >= 11 is 0. The first-order valence-corrected chi connectivity index (χ1v) is 8.97. The number of piperidine rings is 1. The standard InChI is InChI=1S/C18H26F4N4/c1-2-23-18(24-9-6-13-4-3-5-15(19)17(13)22)25-14-7-10-26(11-8-14)12-16(20)21/h3-5,14,16H,2,6-12H2,1H3,(H2,23,24,25). The largest absolute Gasteiger partial charge is 0.357 e. The monoisotopic (exact) mass is 374 g/mol. The molecule has 1 heterocycles. The van der Waals surface area contributed by atoms with E-state index in [4.69, 9.17) is 0 Å². The second-order valence-corrected chi connectivity index (χ2v) is 6.33. The first-order valence-electron chi connectivity index (χ1n) is 8.97. The van der Waals surface area contributed by atoms with Crippen molar-refractivity contribution in [2.75, 3.05) is 32.7 Å². The molecular formula is C18H26F4N4. The van der Waals surface area contributed by atoms with Gasteiger partial charge in [0.2, 0.25) is 0 Å². The lowest BCUT2D eigenvalue weighted by molar-refractivity contribution is 0.0744. The minimum Gasteiger partial charge on any atom is -0.357 e. The fourth-order valence-corrected chi connectivity index (χ4v) is 3.00. The molecule has 0 bridgehead atoms. The Morgan fingerprint density at radius 1 is 1.27 bits per heavy atom. The minimum absolute atomic E-state index is 0.160. The van der Waals surface area contributed by atoms with Crippen molar-refractivity contribution in [3.63, 3.8) is 0 Å². The molecule has 1 aromatic rings. The molecule has 0 aromatic heterocycles. The lowest BCUT2D eigenvalue weighted by atomic mass is 10.1. The van der Waals surface area contributed by atoms with Crippen LogP contribution < -0.4 is 10.6 Å². The molecule has 0 spiro atoms. The molecule has 0 atom stereocenters. The number of rotatable bonds is 7. The Hall–Kier alpha value is -1.83. The van der Waals surface area contributed by atoms with E-state index in [0.717, 1.165) is 18.9 Å². The molecule has 0 saturated carbocycles. The number of halogens is 4. The molecule has 2 rings (SSSR count). The van der Waals surface area contributed by atoms with Gasteiger partial charge in [0.15, 0.2) is 17.6 Å². The molecule has 2 N–H and O–H groups in total. The Bertz CT molecular complexity index is 587. The van der Waals surface area contributed by atoms with Crippen LogP contribution in [0.25, 0.3) is 0 Å². The number of nitrogens with one attached hydrogen (secondary N) is 2. The Kier molecular flexibility index (Phi) is 8.15. The number of benzene rings is 1. The van der Waals surface area contributed by atoms with Crippen molar-refractivity contribution in [3.05, 3.63) is 35.4 Å². The molecule has 0 amide bonds. The van der Waals surface area contributed by atoms with E-state index < -0.39 is 18.1 Å². The molecule has 1 aromatic carbocycles. The van der Waals surface area contributed by atoms with Gasteiger partial charge in [-0.15, -0.1) is 0 Å². The summed E-state index contributed by atoms with van der Waals surface area (Å²) in [7, 11) is 0. The first-order chi connectivity index (χ1) is 12.5. The van der Waals surface area contributed by atoms with Crippen LogP contribution in [0.1, 0.15) is 25.3 Å². The van der Waals surface area contributed by atoms with Crippen LogP contribution in [0.5, 0.6) is 0 Å². The van der Waals surface area contributed by atoms with Crippen molar-refractivity contribution in [2.45, 2.75) is 38.7 Å². The molecule has 0 aliphatic carbocycles. The van der Waals surface area contributed by atoms with Crippen LogP contribution in [0, 0.1) is 11.6 Å². The fourth-order valence-electron chi connectivity index (χ4n) is 3.00. The molecule has 1 fully saturated rings. The van der Waals surface area contributed by atoms with Crippen LogP contribution in [0.2, 0.25) is 0 Å². The fraction of sp³-hybridized carbons (Fsp3) is 0.611. The van der Waals surface area contributed by atoms with E-state index in [1.54, 1.807) is 11.0 Å². The molecule has 1 aliphatic heterocycles. The lowest BCUT2D eigenvalue weighted by Gasteiger charge is -2.32. The maximum absolute atomic E-state index is 13.7. The van der Waals surface area contributed by atoms with Crippen LogP contribution in [0.3, 0.4) is 0 Å². The van der Waals surface area contributed by atoms with Gasteiger partial charge in [0.05, 0.1) is 6.54 Å². The number of guanidine groups is 1. The van der Waals surface area contributed by atoms with Gasteiger partial charge in [-0.3, -0.25) is 9.89 Å². The summed E-state index contributed by atoms with van der Waals surface area (Å²) in [6.07, 6.45) is -0.486. The van der Waals surface area contributed by atoms with Crippen molar-refractivity contribution < 1.29 is 17.6 Å². The van der Waals surface area contributed by atoms with Gasteiger partial charge < -0.3 is 10.6 Å². The average Bonchev–Trinajstić information content (AvgIpc) is 2.60. The first kappa shape index (κ1) is 20.5. The van der Waals surface area contributed by atoms with Gasteiger partial charge in [0.1, 0.15) is 0 Å². The van der Waals surface area contributed by atoms with Gasteiger partial charge >= 0.3 is 0 Å². The third kappa shape index (κ3) is 6.48. The summed E-state index contributed by atoms with van der Waals surface area (Å²) in [5, 5.41) is 6.42. The van der Waals surface area contributed by atoms with E-state index >= 15 is 0 Å². The highest BCUT2D eigenvalue weighted by atomic mass is 19.3. The van der Waals surface area contributed by atoms with E-state index in [1.165, 1.54) is 6.07 Å². The maximum atomic E-state index is 13.7. The lowest BCUT2D eigenvalue weighted by Crippen LogP contribution is -2.49. The van der Waals surface area contributed by atoms with E-state index in [2.05, 4.69) is 15.6 Å². The number of hydrogen-bond acceptors (Lipinski definition) is 2. The van der Waals surface area contributed by atoms with Gasteiger partial charge in [0.25, 0.3) is 6.43 Å². The highest BCUT2D eigenvalue weighted by Crippen LogP contribution is 2.13. The van der Waals surface area contributed by atoms with Crippen LogP contribution in [0.4, 0.5) is 17.6 Å². The zero-order valence-corrected chi connectivity index (χ0v) is 14.9. The van der Waals surface area contributed by atoms with Crippen molar-refractivity contribution in [3.8, 4) is 0 Å². The summed E-state index contributed by atoms with van der Waals surface area (Å²) in [4.78, 5) is 6.18. The predicted octanol–water partition coefficient (Wildman–Crippen LogP) is 2.79. The summed E-state index contributed by atoms with van der Waals surface area (Å²) in [6, 6.07) is 4.28. The predicted molar refractivity (Wildman–Crippen MR) is 94.6 cm³/mol. The number of hydrogen-bond donors (Lipinski definition) is 2. The molecule has 26 heavy (non-hydrogen) atoms. The van der Waals surface area contributed by atoms with E-state index in [9.17, 15) is 17.6 Å². The van der Waals surface area contributed by atoms with E-state index in [0.29, 0.717) is 44.1 Å². The van der Waals surface area contributed by atoms with Gasteiger partial charge in [-0.05, 0) is 37.8 Å². The summed E-state index contributed by atoms with van der Waals surface area (Å²) in [5.41, 5.74) is 0.296. The molecule has 1 aliphatic rings. The summed E-state index contributed by atoms with van der Waals surface area (Å²) < 4.78 is 51.7. The number of nitrogens with zero attached hydrogens (tertiary/aromatic N) is 2.